The topological polar surface area (TPSA) is 88.2 Å². The fourth-order valence-corrected chi connectivity index (χ4v) is 3.16. The molecule has 25 heavy (non-hydrogen) atoms. The lowest BCUT2D eigenvalue weighted by atomic mass is 10.2. The van der Waals surface area contributed by atoms with Crippen LogP contribution in [-0.4, -0.2) is 53.3 Å². The molecule has 0 aliphatic carbocycles. The number of anilines is 2. The van der Waals surface area contributed by atoms with Gasteiger partial charge in [-0.2, -0.15) is 0 Å². The minimum atomic E-state index is 0.290. The molecule has 1 atom stereocenters. The molecule has 4 rings (SSSR count). The average molecular weight is 340 g/mol. The van der Waals surface area contributed by atoms with Crippen molar-refractivity contribution in [1.82, 2.24) is 19.9 Å². The van der Waals surface area contributed by atoms with E-state index < -0.39 is 0 Å². The monoisotopic (exact) mass is 340 g/mol. The lowest BCUT2D eigenvalue weighted by Crippen LogP contribution is -2.26. The van der Waals surface area contributed by atoms with Gasteiger partial charge in [-0.25, -0.2) is 15.0 Å². The van der Waals surface area contributed by atoms with Crippen molar-refractivity contribution in [2.24, 2.45) is 0 Å². The van der Waals surface area contributed by atoms with Crippen LogP contribution in [0, 0.1) is 0 Å². The Bertz CT molecular complexity index is 858. The molecule has 0 bridgehead atoms. The molecule has 0 saturated carbocycles. The Morgan fingerprint density at radius 1 is 1.12 bits per heavy atom. The molecule has 3 aromatic rings. The first-order chi connectivity index (χ1) is 12.3. The number of aromatic nitrogens is 4. The molecule has 2 aromatic heterocycles. The van der Waals surface area contributed by atoms with Gasteiger partial charge >= 0.3 is 0 Å². The highest BCUT2D eigenvalue weighted by molar-refractivity contribution is 5.82. The number of nitrogens with zero attached hydrogens (tertiary/aromatic N) is 4. The van der Waals surface area contributed by atoms with Crippen LogP contribution < -0.4 is 19.7 Å². The number of benzene rings is 1. The maximum atomic E-state index is 5.37. The summed E-state index contributed by atoms with van der Waals surface area (Å²) in [6, 6.07) is 6.23. The first-order valence-corrected chi connectivity index (χ1v) is 8.15. The highest BCUT2D eigenvalue weighted by Gasteiger charge is 2.24. The minimum Gasteiger partial charge on any atom is -0.497 e. The summed E-state index contributed by atoms with van der Waals surface area (Å²) in [6.07, 6.45) is 4.18. The first-order valence-electron chi connectivity index (χ1n) is 8.15. The maximum absolute atomic E-state index is 5.37. The first kappa shape index (κ1) is 15.5. The number of fused-ring (bicyclic) bond motifs is 1. The highest BCUT2D eigenvalue weighted by atomic mass is 16.5. The Balaban J connectivity index is 1.51. The van der Waals surface area contributed by atoms with E-state index in [1.54, 1.807) is 20.5 Å². The Hall–Kier alpha value is -3.03. The van der Waals surface area contributed by atoms with E-state index in [0.29, 0.717) is 11.7 Å². The van der Waals surface area contributed by atoms with Gasteiger partial charge in [-0.1, -0.05) is 0 Å². The van der Waals surface area contributed by atoms with Crippen LogP contribution in [0.5, 0.6) is 11.5 Å². The SMILES string of the molecule is COc1cc(OC)cc(N2CCC(Nc3ncnc4nc[nH]c34)C2)c1. The molecule has 130 valence electrons. The van der Waals surface area contributed by atoms with Crippen LogP contribution in [0.4, 0.5) is 11.5 Å². The van der Waals surface area contributed by atoms with Crippen LogP contribution in [0.25, 0.3) is 11.2 Å². The summed E-state index contributed by atoms with van der Waals surface area (Å²) in [5.41, 5.74) is 2.60. The number of nitrogens with one attached hydrogen (secondary N) is 2. The number of imidazole rings is 1. The van der Waals surface area contributed by atoms with Crippen molar-refractivity contribution in [2.45, 2.75) is 12.5 Å². The van der Waals surface area contributed by atoms with Crippen LogP contribution >= 0.6 is 0 Å². The summed E-state index contributed by atoms with van der Waals surface area (Å²) >= 11 is 0. The van der Waals surface area contributed by atoms with E-state index in [0.717, 1.165) is 48.0 Å². The summed E-state index contributed by atoms with van der Waals surface area (Å²) in [7, 11) is 3.33. The Morgan fingerprint density at radius 3 is 2.68 bits per heavy atom. The van der Waals surface area contributed by atoms with Crippen molar-refractivity contribution < 1.29 is 9.47 Å². The molecule has 0 spiro atoms. The number of ether oxygens (including phenoxy) is 2. The minimum absolute atomic E-state index is 0.290. The normalized spacial score (nSPS) is 17.0. The van der Waals surface area contributed by atoms with Gasteiger partial charge in [0.15, 0.2) is 11.5 Å². The van der Waals surface area contributed by atoms with Crippen molar-refractivity contribution in [3.05, 3.63) is 30.9 Å². The van der Waals surface area contributed by atoms with E-state index in [-0.39, 0.29) is 0 Å². The molecule has 8 heteroatoms. The molecule has 8 nitrogen and oxygen atoms in total. The number of hydrogen-bond acceptors (Lipinski definition) is 7. The molecule has 0 radical (unpaired) electrons. The second-order valence-electron chi connectivity index (χ2n) is 5.97. The molecule has 1 unspecified atom stereocenters. The molecular weight excluding hydrogens is 320 g/mol. The summed E-state index contributed by atoms with van der Waals surface area (Å²) in [4.78, 5) is 18.1. The summed E-state index contributed by atoms with van der Waals surface area (Å²) in [5, 5.41) is 3.50. The van der Waals surface area contributed by atoms with Crippen LogP contribution in [0.15, 0.2) is 30.9 Å². The van der Waals surface area contributed by atoms with Gasteiger partial charge in [0, 0.05) is 43.0 Å². The highest BCUT2D eigenvalue weighted by Crippen LogP contribution is 2.31. The van der Waals surface area contributed by atoms with Gasteiger partial charge in [0.25, 0.3) is 0 Å². The van der Waals surface area contributed by atoms with Crippen molar-refractivity contribution in [2.75, 3.05) is 37.5 Å². The second-order valence-corrected chi connectivity index (χ2v) is 5.97. The predicted octanol–water partition coefficient (Wildman–Crippen LogP) is 2.06. The summed E-state index contributed by atoms with van der Waals surface area (Å²) in [6.45, 7) is 1.82. The van der Waals surface area contributed by atoms with Gasteiger partial charge < -0.3 is 24.7 Å². The standard InChI is InChI=1S/C17H20N6O2/c1-24-13-5-12(6-14(7-13)25-2)23-4-3-11(8-23)22-17-15-16(19-9-18-15)20-10-21-17/h5-7,9-11H,3-4,8H2,1-2H3,(H2,18,19,20,21,22). The summed E-state index contributed by atoms with van der Waals surface area (Å²) in [5.74, 6) is 2.37. The van der Waals surface area contributed by atoms with Crippen LogP contribution in [-0.2, 0) is 0 Å². The molecule has 1 aliphatic heterocycles. The van der Waals surface area contributed by atoms with Crippen molar-refractivity contribution >= 4 is 22.7 Å². The zero-order valence-corrected chi connectivity index (χ0v) is 14.2. The third-order valence-corrected chi connectivity index (χ3v) is 4.45. The quantitative estimate of drug-likeness (QED) is 0.735. The van der Waals surface area contributed by atoms with Gasteiger partial charge in [0.1, 0.15) is 23.3 Å². The van der Waals surface area contributed by atoms with Crippen LogP contribution in [0.3, 0.4) is 0 Å². The van der Waals surface area contributed by atoms with Gasteiger partial charge in [0.05, 0.1) is 20.5 Å². The molecule has 1 aromatic carbocycles. The summed E-state index contributed by atoms with van der Waals surface area (Å²) < 4.78 is 10.7. The molecule has 1 saturated heterocycles. The Labute approximate surface area is 145 Å². The maximum Gasteiger partial charge on any atom is 0.182 e. The number of hydrogen-bond donors (Lipinski definition) is 2. The Kier molecular flexibility index (Phi) is 4.01. The lowest BCUT2D eigenvalue weighted by molar-refractivity contribution is 0.394. The third-order valence-electron chi connectivity index (χ3n) is 4.45. The van der Waals surface area contributed by atoms with Gasteiger partial charge in [-0.05, 0) is 6.42 Å². The number of methoxy groups -OCH3 is 2. The molecule has 1 fully saturated rings. The van der Waals surface area contributed by atoms with Crippen molar-refractivity contribution in [1.29, 1.82) is 0 Å². The number of aromatic amines is 1. The smallest absolute Gasteiger partial charge is 0.182 e. The van der Waals surface area contributed by atoms with Gasteiger partial charge in [-0.15, -0.1) is 0 Å². The van der Waals surface area contributed by atoms with Crippen molar-refractivity contribution in [3.63, 3.8) is 0 Å². The number of H-pyrrole nitrogens is 1. The predicted molar refractivity (Wildman–Crippen MR) is 95.5 cm³/mol. The fourth-order valence-electron chi connectivity index (χ4n) is 3.16. The largest absolute Gasteiger partial charge is 0.497 e. The molecule has 3 heterocycles. The van der Waals surface area contributed by atoms with Gasteiger partial charge in [-0.3, -0.25) is 0 Å². The molecule has 0 amide bonds. The van der Waals surface area contributed by atoms with Crippen LogP contribution in [0.2, 0.25) is 0 Å². The van der Waals surface area contributed by atoms with E-state index in [1.165, 1.54) is 6.33 Å². The van der Waals surface area contributed by atoms with E-state index in [9.17, 15) is 0 Å². The van der Waals surface area contributed by atoms with E-state index in [4.69, 9.17) is 9.47 Å². The molecular formula is C17H20N6O2. The van der Waals surface area contributed by atoms with E-state index in [1.807, 2.05) is 18.2 Å². The van der Waals surface area contributed by atoms with Gasteiger partial charge in [0.2, 0.25) is 0 Å². The lowest BCUT2D eigenvalue weighted by Gasteiger charge is -2.20. The zero-order chi connectivity index (χ0) is 17.2. The average Bonchev–Trinajstić information content (AvgIpc) is 3.31. The molecule has 1 aliphatic rings. The third kappa shape index (κ3) is 3.02. The van der Waals surface area contributed by atoms with Crippen LogP contribution in [0.1, 0.15) is 6.42 Å². The Morgan fingerprint density at radius 2 is 1.92 bits per heavy atom. The zero-order valence-electron chi connectivity index (χ0n) is 14.2. The van der Waals surface area contributed by atoms with E-state index >= 15 is 0 Å². The number of rotatable bonds is 5. The fraction of sp³-hybridized carbons (Fsp3) is 0.353. The molecule has 2 N–H and O–H groups in total. The van der Waals surface area contributed by atoms with Crippen molar-refractivity contribution in [3.8, 4) is 11.5 Å². The van der Waals surface area contributed by atoms with E-state index in [2.05, 4.69) is 30.2 Å². The second kappa shape index (κ2) is 6.46.